The van der Waals surface area contributed by atoms with E-state index >= 15 is 0 Å². The maximum atomic E-state index is 11.4. The minimum atomic E-state index is -3.15. The van der Waals surface area contributed by atoms with Gasteiger partial charge in [0.05, 0.1) is 11.4 Å². The van der Waals surface area contributed by atoms with Gasteiger partial charge in [-0.15, -0.1) is 0 Å². The second-order valence-corrected chi connectivity index (χ2v) is 8.50. The molecule has 3 N–H and O–H groups in total. The molecule has 0 radical (unpaired) electrons. The van der Waals surface area contributed by atoms with E-state index in [0.717, 1.165) is 17.9 Å². The first-order valence-corrected chi connectivity index (χ1v) is 9.93. The SMILES string of the molecule is CC(C)CCCC(C)NC(N)=NCc1ccc(S(C)(=O)=O)cc1. The first kappa shape index (κ1) is 19.5. The van der Waals surface area contributed by atoms with E-state index < -0.39 is 9.84 Å². The Bertz CT molecular complexity index is 607. The lowest BCUT2D eigenvalue weighted by atomic mass is 10.0. The first-order chi connectivity index (χ1) is 10.7. The molecule has 0 spiro atoms. The van der Waals surface area contributed by atoms with Crippen LogP contribution in [-0.2, 0) is 16.4 Å². The second kappa shape index (κ2) is 8.91. The molecule has 0 aliphatic heterocycles. The molecule has 1 aromatic carbocycles. The molecule has 0 aliphatic rings. The highest BCUT2D eigenvalue weighted by atomic mass is 32.2. The summed E-state index contributed by atoms with van der Waals surface area (Å²) < 4.78 is 22.8. The van der Waals surface area contributed by atoms with Crippen molar-refractivity contribution >= 4 is 15.8 Å². The van der Waals surface area contributed by atoms with Gasteiger partial charge in [-0.2, -0.15) is 0 Å². The average Bonchev–Trinajstić information content (AvgIpc) is 2.44. The number of benzene rings is 1. The predicted molar refractivity (Wildman–Crippen MR) is 96.2 cm³/mol. The molecule has 130 valence electrons. The van der Waals surface area contributed by atoms with Gasteiger partial charge in [-0.25, -0.2) is 13.4 Å². The van der Waals surface area contributed by atoms with Gasteiger partial charge in [0.1, 0.15) is 0 Å². The lowest BCUT2D eigenvalue weighted by Gasteiger charge is -2.15. The van der Waals surface area contributed by atoms with E-state index in [1.807, 2.05) is 0 Å². The van der Waals surface area contributed by atoms with Gasteiger partial charge in [0.2, 0.25) is 0 Å². The summed E-state index contributed by atoms with van der Waals surface area (Å²) in [5.41, 5.74) is 6.82. The molecular formula is C17H29N3O2S. The molecule has 0 aliphatic carbocycles. The highest BCUT2D eigenvalue weighted by Crippen LogP contribution is 2.11. The summed E-state index contributed by atoms with van der Waals surface area (Å²) in [5.74, 6) is 1.15. The van der Waals surface area contributed by atoms with Crippen molar-refractivity contribution in [2.75, 3.05) is 6.26 Å². The van der Waals surface area contributed by atoms with Crippen LogP contribution in [0.25, 0.3) is 0 Å². The third-order valence-corrected chi connectivity index (χ3v) is 4.72. The average molecular weight is 340 g/mol. The summed E-state index contributed by atoms with van der Waals surface area (Å²) in [4.78, 5) is 4.62. The Morgan fingerprint density at radius 1 is 1.17 bits per heavy atom. The van der Waals surface area contributed by atoms with Gasteiger partial charge in [-0.05, 0) is 37.0 Å². The third kappa shape index (κ3) is 8.02. The molecule has 5 nitrogen and oxygen atoms in total. The Morgan fingerprint density at radius 2 is 1.78 bits per heavy atom. The number of nitrogens with zero attached hydrogens (tertiary/aromatic N) is 1. The molecule has 6 heteroatoms. The molecule has 0 heterocycles. The molecule has 0 bridgehead atoms. The molecule has 0 aromatic heterocycles. The van der Waals surface area contributed by atoms with Crippen LogP contribution in [0.5, 0.6) is 0 Å². The van der Waals surface area contributed by atoms with E-state index in [-0.39, 0.29) is 0 Å². The summed E-state index contributed by atoms with van der Waals surface area (Å²) in [6.45, 7) is 6.98. The fourth-order valence-electron chi connectivity index (χ4n) is 2.22. The van der Waals surface area contributed by atoms with Crippen LogP contribution >= 0.6 is 0 Å². The smallest absolute Gasteiger partial charge is 0.189 e. The number of rotatable bonds is 8. The standard InChI is InChI=1S/C17H29N3O2S/c1-13(2)6-5-7-14(3)20-17(18)19-12-15-8-10-16(11-9-15)23(4,21)22/h8-11,13-14H,5-7,12H2,1-4H3,(H3,18,19,20). The van der Waals surface area contributed by atoms with Crippen LogP contribution in [0.3, 0.4) is 0 Å². The van der Waals surface area contributed by atoms with E-state index in [1.165, 1.54) is 19.1 Å². The highest BCUT2D eigenvalue weighted by Gasteiger charge is 2.06. The van der Waals surface area contributed by atoms with E-state index in [4.69, 9.17) is 5.73 Å². The van der Waals surface area contributed by atoms with Crippen molar-refractivity contribution in [3.63, 3.8) is 0 Å². The van der Waals surface area contributed by atoms with Gasteiger partial charge >= 0.3 is 0 Å². The first-order valence-electron chi connectivity index (χ1n) is 8.04. The third-order valence-electron chi connectivity index (χ3n) is 3.60. The van der Waals surface area contributed by atoms with Crippen LogP contribution in [0.2, 0.25) is 0 Å². The Labute approximate surface area is 140 Å². The fraction of sp³-hybridized carbons (Fsp3) is 0.588. The van der Waals surface area contributed by atoms with E-state index in [1.54, 1.807) is 24.3 Å². The molecule has 0 saturated carbocycles. The molecule has 1 aromatic rings. The van der Waals surface area contributed by atoms with Crippen molar-refractivity contribution in [3.05, 3.63) is 29.8 Å². The molecule has 1 atom stereocenters. The largest absolute Gasteiger partial charge is 0.370 e. The molecule has 1 rings (SSSR count). The van der Waals surface area contributed by atoms with Crippen LogP contribution in [0.4, 0.5) is 0 Å². The number of nitrogens with two attached hydrogens (primary N) is 1. The Kier molecular flexibility index (Phi) is 7.55. The summed E-state index contributed by atoms with van der Waals surface area (Å²) >= 11 is 0. The van der Waals surface area contributed by atoms with Gasteiger partial charge in [0.15, 0.2) is 15.8 Å². The van der Waals surface area contributed by atoms with Crippen molar-refractivity contribution in [3.8, 4) is 0 Å². The van der Waals surface area contributed by atoms with Crippen molar-refractivity contribution in [1.82, 2.24) is 5.32 Å². The summed E-state index contributed by atoms with van der Waals surface area (Å²) in [6, 6.07) is 7.01. The Hall–Kier alpha value is -1.56. The van der Waals surface area contributed by atoms with Gasteiger partial charge in [-0.3, -0.25) is 0 Å². The monoisotopic (exact) mass is 339 g/mol. The zero-order valence-corrected chi connectivity index (χ0v) is 15.4. The number of aliphatic imine (C=N–C) groups is 1. The van der Waals surface area contributed by atoms with Crippen LogP contribution in [-0.4, -0.2) is 26.7 Å². The zero-order valence-electron chi connectivity index (χ0n) is 14.5. The van der Waals surface area contributed by atoms with Crippen LogP contribution < -0.4 is 11.1 Å². The number of sulfone groups is 1. The Morgan fingerprint density at radius 3 is 2.30 bits per heavy atom. The van der Waals surface area contributed by atoms with Crippen molar-refractivity contribution in [2.24, 2.45) is 16.6 Å². The van der Waals surface area contributed by atoms with Crippen molar-refractivity contribution < 1.29 is 8.42 Å². The lowest BCUT2D eigenvalue weighted by Crippen LogP contribution is -2.38. The Balaban J connectivity index is 2.47. The van der Waals surface area contributed by atoms with Gasteiger partial charge in [0, 0.05) is 12.3 Å². The van der Waals surface area contributed by atoms with E-state index in [0.29, 0.717) is 23.4 Å². The minimum absolute atomic E-state index is 0.296. The van der Waals surface area contributed by atoms with Crippen LogP contribution in [0.1, 0.15) is 45.6 Å². The number of hydrogen-bond donors (Lipinski definition) is 2. The van der Waals surface area contributed by atoms with Crippen molar-refractivity contribution in [2.45, 2.75) is 57.5 Å². The second-order valence-electron chi connectivity index (χ2n) is 6.49. The number of guanidine groups is 1. The molecule has 0 fully saturated rings. The maximum Gasteiger partial charge on any atom is 0.189 e. The molecule has 0 amide bonds. The lowest BCUT2D eigenvalue weighted by molar-refractivity contribution is 0.493. The van der Waals surface area contributed by atoms with Crippen LogP contribution in [0, 0.1) is 5.92 Å². The summed E-state index contributed by atoms with van der Waals surface area (Å²) in [7, 11) is -3.15. The summed E-state index contributed by atoms with van der Waals surface area (Å²) in [6.07, 6.45) is 4.65. The van der Waals surface area contributed by atoms with Gasteiger partial charge in [0.25, 0.3) is 0 Å². The summed E-state index contributed by atoms with van der Waals surface area (Å²) in [5, 5.41) is 3.19. The number of nitrogens with one attached hydrogen (secondary N) is 1. The molecule has 0 saturated heterocycles. The molecule has 23 heavy (non-hydrogen) atoms. The van der Waals surface area contributed by atoms with E-state index in [2.05, 4.69) is 31.1 Å². The van der Waals surface area contributed by atoms with Crippen molar-refractivity contribution in [1.29, 1.82) is 0 Å². The van der Waals surface area contributed by atoms with Gasteiger partial charge in [-0.1, -0.05) is 38.8 Å². The fourth-order valence-corrected chi connectivity index (χ4v) is 2.85. The minimum Gasteiger partial charge on any atom is -0.370 e. The predicted octanol–water partition coefficient (Wildman–Crippen LogP) is 2.71. The van der Waals surface area contributed by atoms with Crippen LogP contribution in [0.15, 0.2) is 34.2 Å². The zero-order chi connectivity index (χ0) is 17.5. The van der Waals surface area contributed by atoms with E-state index in [9.17, 15) is 8.42 Å². The topological polar surface area (TPSA) is 84.5 Å². The normalized spacial score (nSPS) is 14.0. The van der Waals surface area contributed by atoms with Gasteiger partial charge < -0.3 is 11.1 Å². The highest BCUT2D eigenvalue weighted by molar-refractivity contribution is 7.90. The molecular weight excluding hydrogens is 310 g/mol. The maximum absolute atomic E-state index is 11.4. The number of hydrogen-bond acceptors (Lipinski definition) is 3. The quantitative estimate of drug-likeness (QED) is 0.563. The molecule has 1 unspecified atom stereocenters.